The highest BCUT2D eigenvalue weighted by Crippen LogP contribution is 2.36. The van der Waals surface area contributed by atoms with Crippen molar-refractivity contribution in [3.05, 3.63) is 52.2 Å². The van der Waals surface area contributed by atoms with E-state index in [-0.39, 0.29) is 24.7 Å². The Morgan fingerprint density at radius 1 is 1.42 bits per heavy atom. The first-order chi connectivity index (χ1) is 11.6. The zero-order valence-corrected chi connectivity index (χ0v) is 13.7. The first-order valence-electron chi connectivity index (χ1n) is 7.71. The Labute approximate surface area is 142 Å². The summed E-state index contributed by atoms with van der Waals surface area (Å²) in [5.74, 6) is -2.05. The van der Waals surface area contributed by atoms with Crippen LogP contribution in [0, 0.1) is 11.7 Å². The zero-order valence-electron chi connectivity index (χ0n) is 12.9. The van der Waals surface area contributed by atoms with E-state index in [9.17, 15) is 19.1 Å². The van der Waals surface area contributed by atoms with E-state index in [1.165, 1.54) is 17.4 Å². The molecular formula is C17H17FN2O3S. The monoisotopic (exact) mass is 348 g/mol. The molecule has 1 N–H and O–H groups in total. The second-order valence-electron chi connectivity index (χ2n) is 5.77. The van der Waals surface area contributed by atoms with Gasteiger partial charge in [-0.1, -0.05) is 18.2 Å². The van der Waals surface area contributed by atoms with E-state index in [1.54, 1.807) is 34.0 Å². The van der Waals surface area contributed by atoms with E-state index in [4.69, 9.17) is 0 Å². The fourth-order valence-electron chi connectivity index (χ4n) is 3.15. The lowest BCUT2D eigenvalue weighted by molar-refractivity contribution is -0.152. The van der Waals surface area contributed by atoms with Crippen LogP contribution in [0.3, 0.4) is 0 Å². The minimum Gasteiger partial charge on any atom is -0.481 e. The molecular weight excluding hydrogens is 331 g/mol. The number of halogens is 1. The maximum atomic E-state index is 13.8. The maximum absolute atomic E-state index is 13.8. The van der Waals surface area contributed by atoms with E-state index in [0.29, 0.717) is 24.1 Å². The second kappa shape index (κ2) is 7.09. The molecule has 0 bridgehead atoms. The number of hydrogen-bond acceptors (Lipinski definition) is 4. The fraction of sp³-hybridized carbons (Fsp3) is 0.353. The second-order valence-corrected chi connectivity index (χ2v) is 6.49. The molecule has 126 valence electrons. The molecule has 0 saturated carbocycles. The zero-order chi connectivity index (χ0) is 17.1. The third kappa shape index (κ3) is 3.31. The Morgan fingerprint density at radius 3 is 2.88 bits per heavy atom. The molecule has 1 saturated heterocycles. The smallest absolute Gasteiger partial charge is 0.309 e. The van der Waals surface area contributed by atoms with Crippen molar-refractivity contribution in [3.63, 3.8) is 0 Å². The molecule has 2 heterocycles. The van der Waals surface area contributed by atoms with Crippen LogP contribution in [0.4, 0.5) is 4.39 Å². The van der Waals surface area contributed by atoms with Gasteiger partial charge in [0.05, 0.1) is 23.2 Å². The Morgan fingerprint density at radius 2 is 2.21 bits per heavy atom. The van der Waals surface area contributed by atoms with E-state index in [1.807, 2.05) is 0 Å². The van der Waals surface area contributed by atoms with Crippen LogP contribution < -0.4 is 0 Å². The molecule has 7 heteroatoms. The molecule has 2 aromatic rings. The van der Waals surface area contributed by atoms with Gasteiger partial charge in [-0.05, 0) is 24.5 Å². The summed E-state index contributed by atoms with van der Waals surface area (Å²) in [6.07, 6.45) is 0.826. The molecule has 0 aliphatic carbocycles. The van der Waals surface area contributed by atoms with Crippen molar-refractivity contribution >= 4 is 23.2 Å². The lowest BCUT2D eigenvalue weighted by atomic mass is 9.86. The molecule has 2 atom stereocenters. The lowest BCUT2D eigenvalue weighted by Gasteiger charge is -2.38. The summed E-state index contributed by atoms with van der Waals surface area (Å²) in [4.78, 5) is 29.8. The molecule has 1 aliphatic heterocycles. The highest BCUT2D eigenvalue weighted by atomic mass is 32.1. The number of carbonyl (C=O) groups is 2. The van der Waals surface area contributed by atoms with Gasteiger partial charge in [0.25, 0.3) is 0 Å². The van der Waals surface area contributed by atoms with Crippen LogP contribution >= 0.6 is 11.3 Å². The van der Waals surface area contributed by atoms with Gasteiger partial charge >= 0.3 is 5.97 Å². The Hall–Kier alpha value is -2.28. The van der Waals surface area contributed by atoms with Crippen LogP contribution in [-0.2, 0) is 16.0 Å². The number of benzene rings is 1. The number of piperidine rings is 1. The van der Waals surface area contributed by atoms with Crippen molar-refractivity contribution in [2.45, 2.75) is 25.3 Å². The van der Waals surface area contributed by atoms with Crippen LogP contribution in [0.15, 0.2) is 35.2 Å². The first kappa shape index (κ1) is 16.6. The summed E-state index contributed by atoms with van der Waals surface area (Å²) in [5, 5.41) is 11.3. The average Bonchev–Trinajstić information content (AvgIpc) is 3.08. The van der Waals surface area contributed by atoms with Crippen molar-refractivity contribution in [2.75, 3.05) is 6.54 Å². The number of hydrogen-bond donors (Lipinski definition) is 1. The van der Waals surface area contributed by atoms with Crippen molar-refractivity contribution < 1.29 is 19.1 Å². The number of carboxylic acid groups (broad SMARTS) is 1. The van der Waals surface area contributed by atoms with Gasteiger partial charge in [-0.25, -0.2) is 9.37 Å². The number of likely N-dealkylation sites (tertiary alicyclic amines) is 1. The Kier molecular flexibility index (Phi) is 4.89. The van der Waals surface area contributed by atoms with Gasteiger partial charge in [0.2, 0.25) is 5.91 Å². The topological polar surface area (TPSA) is 70.5 Å². The number of thiazole rings is 1. The van der Waals surface area contributed by atoms with Crippen molar-refractivity contribution in [1.29, 1.82) is 0 Å². The molecule has 3 rings (SSSR count). The van der Waals surface area contributed by atoms with Crippen LogP contribution in [0.5, 0.6) is 0 Å². The number of carboxylic acids is 1. The van der Waals surface area contributed by atoms with Gasteiger partial charge < -0.3 is 10.0 Å². The maximum Gasteiger partial charge on any atom is 0.309 e. The van der Waals surface area contributed by atoms with Gasteiger partial charge in [-0.2, -0.15) is 0 Å². The van der Waals surface area contributed by atoms with E-state index >= 15 is 0 Å². The van der Waals surface area contributed by atoms with E-state index in [2.05, 4.69) is 4.98 Å². The number of aliphatic carboxylic acids is 1. The van der Waals surface area contributed by atoms with Crippen molar-refractivity contribution in [2.24, 2.45) is 5.92 Å². The molecule has 1 aliphatic rings. The van der Waals surface area contributed by atoms with Gasteiger partial charge in [0, 0.05) is 18.3 Å². The van der Waals surface area contributed by atoms with Crippen LogP contribution in [0.2, 0.25) is 0 Å². The highest BCUT2D eigenvalue weighted by molar-refractivity contribution is 7.07. The molecule has 0 spiro atoms. The number of rotatable bonds is 5. The van der Waals surface area contributed by atoms with E-state index in [0.717, 1.165) is 0 Å². The number of carbonyl (C=O) groups excluding carboxylic acids is 1. The minimum absolute atomic E-state index is 0.109. The Bertz CT molecular complexity index is 735. The van der Waals surface area contributed by atoms with Gasteiger partial charge in [-0.3, -0.25) is 9.59 Å². The standard InChI is InChI=1S/C17H17FN2O3S/c18-13-4-2-1-3-11(13)7-8-20-15(21)6-5-12(17(22)23)16(20)14-9-24-10-19-14/h1-4,9-10,12,16H,5-8H2,(H,22,23)/t12-,16-/m0/s1. The van der Waals surface area contributed by atoms with Crippen LogP contribution in [0.1, 0.15) is 30.1 Å². The first-order valence-corrected chi connectivity index (χ1v) is 8.66. The third-order valence-corrected chi connectivity index (χ3v) is 4.96. The molecule has 1 aromatic heterocycles. The molecule has 1 aromatic carbocycles. The summed E-state index contributed by atoms with van der Waals surface area (Å²) in [5.41, 5.74) is 2.73. The van der Waals surface area contributed by atoms with Crippen molar-refractivity contribution in [1.82, 2.24) is 9.88 Å². The SMILES string of the molecule is O=C(O)[C@H]1CCC(=O)N(CCc2ccccc2F)[C@@H]1c1cscn1. The molecule has 5 nitrogen and oxygen atoms in total. The number of aromatic nitrogens is 1. The molecule has 1 amide bonds. The van der Waals surface area contributed by atoms with Gasteiger partial charge in [0.1, 0.15) is 5.82 Å². The van der Waals surface area contributed by atoms with Crippen LogP contribution in [0.25, 0.3) is 0 Å². The highest BCUT2D eigenvalue weighted by Gasteiger charge is 2.41. The fourth-order valence-corrected chi connectivity index (χ4v) is 3.73. The van der Waals surface area contributed by atoms with E-state index < -0.39 is 17.9 Å². The lowest BCUT2D eigenvalue weighted by Crippen LogP contribution is -2.46. The normalized spacial score (nSPS) is 21.0. The predicted molar refractivity (Wildman–Crippen MR) is 87.0 cm³/mol. The summed E-state index contributed by atoms with van der Waals surface area (Å²) < 4.78 is 13.8. The largest absolute Gasteiger partial charge is 0.481 e. The van der Waals surface area contributed by atoms with Crippen molar-refractivity contribution in [3.8, 4) is 0 Å². The summed E-state index contributed by atoms with van der Waals surface area (Å²) >= 11 is 1.37. The Balaban J connectivity index is 1.85. The van der Waals surface area contributed by atoms with Gasteiger partial charge in [0.15, 0.2) is 0 Å². The molecule has 1 fully saturated rings. The minimum atomic E-state index is -0.934. The molecule has 24 heavy (non-hydrogen) atoms. The molecule has 0 radical (unpaired) electrons. The number of nitrogens with zero attached hydrogens (tertiary/aromatic N) is 2. The predicted octanol–water partition coefficient (Wildman–Crippen LogP) is 2.89. The third-order valence-electron chi connectivity index (χ3n) is 4.36. The summed E-state index contributed by atoms with van der Waals surface area (Å²) in [6.45, 7) is 0.270. The van der Waals surface area contributed by atoms with Gasteiger partial charge in [-0.15, -0.1) is 11.3 Å². The molecule has 0 unspecified atom stereocenters. The quantitative estimate of drug-likeness (QED) is 0.902. The number of amides is 1. The summed E-state index contributed by atoms with van der Waals surface area (Å²) in [7, 11) is 0. The average molecular weight is 348 g/mol. The summed E-state index contributed by atoms with van der Waals surface area (Å²) in [6, 6.07) is 5.82. The van der Waals surface area contributed by atoms with Crippen LogP contribution in [-0.4, -0.2) is 33.4 Å².